The number of hydrogen-bond acceptors (Lipinski definition) is 5. The van der Waals surface area contributed by atoms with Crippen molar-refractivity contribution in [2.75, 3.05) is 26.3 Å². The molecule has 102 valence electrons. The molecule has 1 fully saturated rings. The monoisotopic (exact) mass is 264 g/mol. The van der Waals surface area contributed by atoms with Gasteiger partial charge in [0.2, 0.25) is 0 Å². The Bertz CT molecular complexity index is 464. The number of ether oxygens (including phenoxy) is 1. The molecule has 1 aliphatic heterocycles. The Labute approximate surface area is 110 Å². The Morgan fingerprint density at radius 2 is 2.26 bits per heavy atom. The van der Waals surface area contributed by atoms with Crippen molar-refractivity contribution in [3.8, 4) is 0 Å². The highest BCUT2D eigenvalue weighted by atomic mass is 16.5. The van der Waals surface area contributed by atoms with Crippen LogP contribution < -0.4 is 5.73 Å². The van der Waals surface area contributed by atoms with Crippen LogP contribution in [0, 0.1) is 0 Å². The fourth-order valence-corrected chi connectivity index (χ4v) is 1.84. The van der Waals surface area contributed by atoms with Crippen molar-refractivity contribution in [1.82, 2.24) is 9.88 Å². The van der Waals surface area contributed by atoms with Crippen LogP contribution in [0.5, 0.6) is 0 Å². The average Bonchev–Trinajstić information content (AvgIpc) is 2.75. The molecule has 0 saturated carbocycles. The fourth-order valence-electron chi connectivity index (χ4n) is 1.84. The number of nitrogens with zero attached hydrogens (tertiary/aromatic N) is 3. The minimum atomic E-state index is -0.128. The highest BCUT2D eigenvalue weighted by Crippen LogP contribution is 2.07. The van der Waals surface area contributed by atoms with E-state index in [0.29, 0.717) is 37.6 Å². The van der Waals surface area contributed by atoms with Gasteiger partial charge in [-0.25, -0.2) is 0 Å². The van der Waals surface area contributed by atoms with Crippen molar-refractivity contribution in [3.63, 3.8) is 0 Å². The van der Waals surface area contributed by atoms with E-state index in [2.05, 4.69) is 10.1 Å². The van der Waals surface area contributed by atoms with E-state index >= 15 is 0 Å². The number of nitrogens with two attached hydrogens (primary N) is 1. The van der Waals surface area contributed by atoms with Crippen molar-refractivity contribution in [2.24, 2.45) is 10.9 Å². The number of rotatable bonds is 2. The summed E-state index contributed by atoms with van der Waals surface area (Å²) in [5, 5.41) is 11.4. The number of amidine groups is 1. The molecular weight excluding hydrogens is 248 g/mol. The zero-order valence-electron chi connectivity index (χ0n) is 10.5. The van der Waals surface area contributed by atoms with Gasteiger partial charge in [0.25, 0.3) is 5.91 Å². The van der Waals surface area contributed by atoms with E-state index in [4.69, 9.17) is 15.7 Å². The van der Waals surface area contributed by atoms with Crippen LogP contribution >= 0.6 is 0 Å². The van der Waals surface area contributed by atoms with E-state index in [9.17, 15) is 4.79 Å². The summed E-state index contributed by atoms with van der Waals surface area (Å²) in [6, 6.07) is 3.17. The molecular formula is C12H16N4O3. The molecule has 0 aromatic carbocycles. The van der Waals surface area contributed by atoms with Gasteiger partial charge in [0.1, 0.15) is 5.69 Å². The lowest BCUT2D eigenvalue weighted by Crippen LogP contribution is -2.33. The quantitative estimate of drug-likeness (QED) is 0.340. The SMILES string of the molecule is NC(=NO)c1ccc(C(=O)N2CCCOCC2)nc1. The highest BCUT2D eigenvalue weighted by Gasteiger charge is 2.18. The number of carbonyl (C=O) groups is 1. The summed E-state index contributed by atoms with van der Waals surface area (Å²) < 4.78 is 5.30. The molecule has 1 aliphatic rings. The van der Waals surface area contributed by atoms with E-state index in [-0.39, 0.29) is 11.7 Å². The zero-order chi connectivity index (χ0) is 13.7. The maximum Gasteiger partial charge on any atom is 0.272 e. The first-order valence-corrected chi connectivity index (χ1v) is 6.03. The van der Waals surface area contributed by atoms with Gasteiger partial charge in [-0.2, -0.15) is 0 Å². The van der Waals surface area contributed by atoms with Crippen LogP contribution in [0.1, 0.15) is 22.5 Å². The lowest BCUT2D eigenvalue weighted by atomic mass is 10.2. The minimum absolute atomic E-state index is 0.0327. The minimum Gasteiger partial charge on any atom is -0.409 e. The Kier molecular flexibility index (Phi) is 4.30. The first-order chi connectivity index (χ1) is 9.22. The van der Waals surface area contributed by atoms with Gasteiger partial charge in [0.15, 0.2) is 5.84 Å². The summed E-state index contributed by atoms with van der Waals surface area (Å²) in [7, 11) is 0. The van der Waals surface area contributed by atoms with Gasteiger partial charge in [-0.1, -0.05) is 5.16 Å². The third-order valence-electron chi connectivity index (χ3n) is 2.90. The van der Waals surface area contributed by atoms with Crippen LogP contribution in [0.25, 0.3) is 0 Å². The van der Waals surface area contributed by atoms with Gasteiger partial charge in [-0.05, 0) is 18.6 Å². The molecule has 1 aromatic rings. The summed E-state index contributed by atoms with van der Waals surface area (Å²) >= 11 is 0. The van der Waals surface area contributed by atoms with Gasteiger partial charge < -0.3 is 20.6 Å². The normalized spacial score (nSPS) is 17.1. The van der Waals surface area contributed by atoms with Crippen LogP contribution in [0.2, 0.25) is 0 Å². The molecule has 0 spiro atoms. The van der Waals surface area contributed by atoms with Crippen LogP contribution in [0.3, 0.4) is 0 Å². The summed E-state index contributed by atoms with van der Waals surface area (Å²) in [4.78, 5) is 18.0. The number of oxime groups is 1. The summed E-state index contributed by atoms with van der Waals surface area (Å²) in [6.07, 6.45) is 2.24. The van der Waals surface area contributed by atoms with Crippen molar-refractivity contribution < 1.29 is 14.7 Å². The molecule has 0 radical (unpaired) electrons. The van der Waals surface area contributed by atoms with E-state index in [1.807, 2.05) is 0 Å². The van der Waals surface area contributed by atoms with Crippen molar-refractivity contribution >= 4 is 11.7 Å². The second-order valence-electron chi connectivity index (χ2n) is 4.18. The van der Waals surface area contributed by atoms with Gasteiger partial charge in [-0.3, -0.25) is 9.78 Å². The van der Waals surface area contributed by atoms with Crippen molar-refractivity contribution in [2.45, 2.75) is 6.42 Å². The predicted octanol–water partition coefficient (Wildman–Crippen LogP) is 0.0386. The number of aromatic nitrogens is 1. The summed E-state index contributed by atoms with van der Waals surface area (Å²) in [6.45, 7) is 2.47. The van der Waals surface area contributed by atoms with E-state index in [1.165, 1.54) is 6.20 Å². The number of amides is 1. The van der Waals surface area contributed by atoms with E-state index in [1.54, 1.807) is 17.0 Å². The molecule has 0 aliphatic carbocycles. The summed E-state index contributed by atoms with van der Waals surface area (Å²) in [5.74, 6) is -0.161. The smallest absolute Gasteiger partial charge is 0.272 e. The molecule has 1 saturated heterocycles. The molecule has 0 bridgehead atoms. The van der Waals surface area contributed by atoms with Crippen LogP contribution in [-0.2, 0) is 4.74 Å². The molecule has 19 heavy (non-hydrogen) atoms. The number of pyridine rings is 1. The molecule has 1 amide bonds. The Morgan fingerprint density at radius 3 is 2.95 bits per heavy atom. The van der Waals surface area contributed by atoms with Crippen LogP contribution in [-0.4, -0.2) is 53.1 Å². The van der Waals surface area contributed by atoms with Gasteiger partial charge >= 0.3 is 0 Å². The first kappa shape index (κ1) is 13.3. The Balaban J connectivity index is 2.10. The molecule has 0 unspecified atom stereocenters. The first-order valence-electron chi connectivity index (χ1n) is 6.03. The maximum atomic E-state index is 12.2. The topological polar surface area (TPSA) is 101 Å². The molecule has 2 heterocycles. The standard InChI is InChI=1S/C12H16N4O3/c13-11(15-18)9-2-3-10(14-8-9)12(17)16-4-1-6-19-7-5-16/h2-3,8,18H,1,4-7H2,(H2,13,15). The third-order valence-corrected chi connectivity index (χ3v) is 2.90. The molecule has 7 heteroatoms. The largest absolute Gasteiger partial charge is 0.409 e. The Morgan fingerprint density at radius 1 is 1.42 bits per heavy atom. The molecule has 2 rings (SSSR count). The Hall–Kier alpha value is -2.15. The summed E-state index contributed by atoms with van der Waals surface area (Å²) in [5.41, 5.74) is 6.25. The van der Waals surface area contributed by atoms with E-state index < -0.39 is 0 Å². The fraction of sp³-hybridized carbons (Fsp3) is 0.417. The van der Waals surface area contributed by atoms with Gasteiger partial charge in [0, 0.05) is 31.5 Å². The van der Waals surface area contributed by atoms with Crippen molar-refractivity contribution in [1.29, 1.82) is 0 Å². The van der Waals surface area contributed by atoms with Gasteiger partial charge in [0.05, 0.1) is 6.61 Å². The second kappa shape index (κ2) is 6.14. The second-order valence-corrected chi connectivity index (χ2v) is 4.18. The number of hydrogen-bond donors (Lipinski definition) is 2. The highest BCUT2D eigenvalue weighted by molar-refractivity contribution is 5.98. The van der Waals surface area contributed by atoms with Crippen LogP contribution in [0.4, 0.5) is 0 Å². The third kappa shape index (κ3) is 3.19. The molecule has 0 atom stereocenters. The molecule has 3 N–H and O–H groups in total. The average molecular weight is 264 g/mol. The van der Waals surface area contributed by atoms with Crippen LogP contribution in [0.15, 0.2) is 23.5 Å². The maximum absolute atomic E-state index is 12.2. The lowest BCUT2D eigenvalue weighted by Gasteiger charge is -2.18. The van der Waals surface area contributed by atoms with Gasteiger partial charge in [-0.15, -0.1) is 0 Å². The zero-order valence-corrected chi connectivity index (χ0v) is 10.5. The number of carbonyl (C=O) groups excluding carboxylic acids is 1. The van der Waals surface area contributed by atoms with Crippen molar-refractivity contribution in [3.05, 3.63) is 29.6 Å². The predicted molar refractivity (Wildman–Crippen MR) is 68.1 cm³/mol. The van der Waals surface area contributed by atoms with E-state index in [0.717, 1.165) is 6.42 Å². The lowest BCUT2D eigenvalue weighted by molar-refractivity contribution is 0.0735. The molecule has 7 nitrogen and oxygen atoms in total. The molecule has 1 aromatic heterocycles.